The molecule has 1 saturated heterocycles. The Bertz CT molecular complexity index is 1660. The number of hydrogen-bond acceptors (Lipinski definition) is 6. The van der Waals surface area contributed by atoms with Gasteiger partial charge in [-0.2, -0.15) is 0 Å². The predicted octanol–water partition coefficient (Wildman–Crippen LogP) is 5.52. The summed E-state index contributed by atoms with van der Waals surface area (Å²) < 4.78 is 24.9. The Kier molecular flexibility index (Phi) is 8.42. The molecule has 1 N–H and O–H groups in total. The number of aliphatic hydroxyl groups is 1. The summed E-state index contributed by atoms with van der Waals surface area (Å²) in [5, 5.41) is 17.5. The topological polar surface area (TPSA) is 101 Å². The highest BCUT2D eigenvalue weighted by molar-refractivity contribution is 6.72. The number of para-hydroxylation sites is 1. The fraction of sp³-hybridized carbons (Fsp3) is 0.353. The van der Waals surface area contributed by atoms with E-state index in [1.54, 1.807) is 28.9 Å². The molecule has 9 nitrogen and oxygen atoms in total. The lowest BCUT2D eigenvalue weighted by Crippen LogP contribution is -2.45. The summed E-state index contributed by atoms with van der Waals surface area (Å²) in [5.41, 5.74) is 2.35. The maximum atomic E-state index is 16.3. The van der Waals surface area contributed by atoms with Gasteiger partial charge in [0, 0.05) is 54.2 Å². The molecule has 1 fully saturated rings. The second-order valence-electron chi connectivity index (χ2n) is 12.4. The van der Waals surface area contributed by atoms with Crippen molar-refractivity contribution in [1.82, 2.24) is 15.0 Å². The summed E-state index contributed by atoms with van der Waals surface area (Å²) in [4.78, 5) is 30.4. The number of rotatable bonds is 11. The average Bonchev–Trinajstić information content (AvgIpc) is 3.67. The Hall–Kier alpha value is -4.19. The third-order valence-electron chi connectivity index (χ3n) is 9.14. The Balaban J connectivity index is 1.43. The third-order valence-corrected chi connectivity index (χ3v) is 11.6. The highest BCUT2D eigenvalue weighted by Crippen LogP contribution is 2.60. The van der Waals surface area contributed by atoms with Gasteiger partial charge in [-0.3, -0.25) is 19.2 Å². The number of fused-ring (bicyclic) bond motifs is 2. The molecule has 2 amide bonds. The van der Waals surface area contributed by atoms with Gasteiger partial charge in [-0.25, -0.2) is 0 Å². The largest absolute Gasteiger partial charge is 0.396 e. The number of anilines is 3. The Morgan fingerprint density at radius 3 is 2.44 bits per heavy atom. The lowest BCUT2D eigenvalue weighted by Gasteiger charge is -2.31. The molecule has 234 valence electrons. The first-order chi connectivity index (χ1) is 21.7. The minimum absolute atomic E-state index is 0.0248. The smallest absolute Gasteiger partial charge is 0.264 e. The minimum atomic E-state index is -3.37. The molecular weight excluding hydrogens is 589 g/mol. The van der Waals surface area contributed by atoms with Crippen LogP contribution in [0.2, 0.25) is 18.6 Å². The van der Waals surface area contributed by atoms with E-state index in [4.69, 9.17) is 4.74 Å². The Morgan fingerprint density at radius 1 is 1.07 bits per heavy atom. The van der Waals surface area contributed by atoms with Crippen LogP contribution >= 0.6 is 0 Å². The van der Waals surface area contributed by atoms with E-state index < -0.39 is 31.6 Å². The predicted molar refractivity (Wildman–Crippen MR) is 172 cm³/mol. The van der Waals surface area contributed by atoms with E-state index in [2.05, 4.69) is 10.3 Å². The van der Waals surface area contributed by atoms with Crippen LogP contribution in [0.4, 0.5) is 21.2 Å². The van der Waals surface area contributed by atoms with E-state index in [1.165, 1.54) is 4.90 Å². The van der Waals surface area contributed by atoms with Gasteiger partial charge < -0.3 is 18.9 Å². The number of nitrogens with zero attached hydrogens (tertiary/aromatic N) is 5. The van der Waals surface area contributed by atoms with E-state index in [-0.39, 0.29) is 12.5 Å². The zero-order valence-corrected chi connectivity index (χ0v) is 26.7. The molecular formula is C34H38FN5O4Si. The van der Waals surface area contributed by atoms with Crippen molar-refractivity contribution in [3.63, 3.8) is 0 Å². The molecule has 4 atom stereocenters. The lowest BCUT2D eigenvalue weighted by atomic mass is 9.82. The first kappa shape index (κ1) is 30.8. The lowest BCUT2D eigenvalue weighted by molar-refractivity contribution is -0.146. The van der Waals surface area contributed by atoms with E-state index in [0.29, 0.717) is 54.3 Å². The van der Waals surface area contributed by atoms with Crippen LogP contribution in [0, 0.1) is 5.92 Å². The molecule has 0 radical (unpaired) electrons. The number of hydrogen-bond donors (Lipinski definition) is 1. The van der Waals surface area contributed by atoms with E-state index in [1.807, 2.05) is 85.8 Å². The zero-order chi connectivity index (χ0) is 31.8. The van der Waals surface area contributed by atoms with Crippen LogP contribution in [0.25, 0.3) is 0 Å². The third kappa shape index (κ3) is 5.60. The van der Waals surface area contributed by atoms with Crippen molar-refractivity contribution in [3.05, 3.63) is 102 Å². The van der Waals surface area contributed by atoms with Crippen LogP contribution in [0.1, 0.15) is 30.2 Å². The summed E-state index contributed by atoms with van der Waals surface area (Å²) in [6.45, 7) is 6.03. The maximum Gasteiger partial charge on any atom is 0.264 e. The fourth-order valence-corrected chi connectivity index (χ4v) is 9.72. The fourth-order valence-electron chi connectivity index (χ4n) is 7.17. The Morgan fingerprint density at radius 2 is 1.78 bits per heavy atom. The van der Waals surface area contributed by atoms with Crippen LogP contribution in [-0.4, -0.2) is 53.5 Å². The molecule has 11 heteroatoms. The molecule has 0 unspecified atom stereocenters. The second-order valence-corrected chi connectivity index (χ2v) is 16.2. The van der Waals surface area contributed by atoms with E-state index >= 15 is 4.11 Å². The number of aromatic nitrogens is 3. The molecule has 1 aromatic heterocycles. The second kappa shape index (κ2) is 12.3. The molecule has 0 aliphatic carbocycles. The van der Waals surface area contributed by atoms with E-state index in [0.717, 1.165) is 12.0 Å². The van der Waals surface area contributed by atoms with Crippen LogP contribution < -0.4 is 9.80 Å². The number of carbonyl (C=O) groups excluding carboxylic acids is 2. The van der Waals surface area contributed by atoms with E-state index in [9.17, 15) is 14.7 Å². The van der Waals surface area contributed by atoms with Gasteiger partial charge in [0.1, 0.15) is 0 Å². The number of amides is 2. The number of carbonyl (C=O) groups is 2. The zero-order valence-electron chi connectivity index (χ0n) is 25.7. The summed E-state index contributed by atoms with van der Waals surface area (Å²) in [7, 11) is -3.37. The highest BCUT2D eigenvalue weighted by Gasteiger charge is 2.66. The molecule has 3 aromatic carbocycles. The van der Waals surface area contributed by atoms with Gasteiger partial charge in [0.2, 0.25) is 14.8 Å². The first-order valence-electron chi connectivity index (χ1n) is 15.3. The van der Waals surface area contributed by atoms with Crippen LogP contribution in [0.3, 0.4) is 0 Å². The summed E-state index contributed by atoms with van der Waals surface area (Å²) in [5.74, 6) is -0.696. The molecule has 45 heavy (non-hydrogen) atoms. The van der Waals surface area contributed by atoms with Gasteiger partial charge in [-0.1, -0.05) is 60.7 Å². The van der Waals surface area contributed by atoms with Gasteiger partial charge >= 0.3 is 0 Å². The van der Waals surface area contributed by atoms with Crippen LogP contribution in [0.15, 0.2) is 85.1 Å². The van der Waals surface area contributed by atoms with Crippen molar-refractivity contribution < 1.29 is 23.5 Å². The summed E-state index contributed by atoms with van der Waals surface area (Å²) >= 11 is 0. The molecule has 2 aliphatic rings. The number of benzene rings is 3. The number of aryl methyl sites for hydroxylation is 1. The number of ether oxygens (including phenoxy) is 1. The molecule has 4 aromatic rings. The molecule has 3 heterocycles. The van der Waals surface area contributed by atoms with Gasteiger partial charge in [-0.15, -0.1) is 5.10 Å². The summed E-state index contributed by atoms with van der Waals surface area (Å²) in [6, 6.07) is 24.6. The van der Waals surface area contributed by atoms with Gasteiger partial charge in [0.25, 0.3) is 5.91 Å². The first-order valence-corrected chi connectivity index (χ1v) is 18.3. The highest BCUT2D eigenvalue weighted by atomic mass is 28.4. The quantitative estimate of drug-likeness (QED) is 0.134. The molecule has 1 spiro atoms. The summed E-state index contributed by atoms with van der Waals surface area (Å²) in [6.07, 6.45) is 2.82. The van der Waals surface area contributed by atoms with Crippen LogP contribution in [-0.2, 0) is 39.4 Å². The minimum Gasteiger partial charge on any atom is -0.396 e. The normalized spacial score (nSPS) is 22.6. The van der Waals surface area contributed by atoms with Crippen molar-refractivity contribution >= 4 is 37.8 Å². The van der Waals surface area contributed by atoms with Crippen molar-refractivity contribution in [2.75, 3.05) is 16.4 Å². The van der Waals surface area contributed by atoms with Gasteiger partial charge in [0.15, 0.2) is 5.60 Å². The number of aliphatic hydroxyl groups excluding tert-OH is 1. The molecule has 0 bridgehead atoms. The monoisotopic (exact) mass is 627 g/mol. The van der Waals surface area contributed by atoms with Crippen molar-refractivity contribution in [2.45, 2.75) is 63.2 Å². The molecule has 2 aliphatic heterocycles. The van der Waals surface area contributed by atoms with Crippen molar-refractivity contribution in [1.29, 1.82) is 0 Å². The molecule has 6 rings (SSSR count). The van der Waals surface area contributed by atoms with Crippen molar-refractivity contribution in [3.8, 4) is 0 Å². The van der Waals surface area contributed by atoms with Gasteiger partial charge in [-0.05, 0) is 55.4 Å². The SMILES string of the molecule is C[C@@H]1[C@@H]([Si](C)(C)F)[C@H](CCn2cc(CCO)nn2)O[C@@]12C(=O)N(Cc1ccccc1)c1ccc(N(C=O)c3ccccc3)cc12. The van der Waals surface area contributed by atoms with Crippen molar-refractivity contribution in [2.24, 2.45) is 5.92 Å². The van der Waals surface area contributed by atoms with Crippen LogP contribution in [0.5, 0.6) is 0 Å². The average molecular weight is 628 g/mol. The van der Waals surface area contributed by atoms with Gasteiger partial charge in [0.05, 0.1) is 24.0 Å². The number of halogens is 1. The maximum absolute atomic E-state index is 16.3. The standard InChI is InChI=1S/C34H38FN5O4Si/c1-24-32(45(2,3)35)31(16-18-38-22-26(17-19-41)36-37-38)44-34(24)29-20-28(40(23-42)27-12-8-5-9-13-27)14-15-30(29)39(33(34)43)21-25-10-6-4-7-11-25/h4-15,20,22-24,31-32,41H,16-19,21H2,1-3H3/t24-,31+,32-,34+/m1/s1. The Labute approximate surface area is 263 Å². The molecule has 0 saturated carbocycles.